The number of carboxylic acids is 1. The Kier molecular flexibility index (Phi) is 6.84. The van der Waals surface area contributed by atoms with Gasteiger partial charge in [-0.3, -0.25) is 0 Å². The summed E-state index contributed by atoms with van der Waals surface area (Å²) < 4.78 is 52.1. The molecule has 0 aliphatic carbocycles. The Morgan fingerprint density at radius 1 is 1.26 bits per heavy atom. The Morgan fingerprint density at radius 2 is 1.97 bits per heavy atom. The lowest BCUT2D eigenvalue weighted by Crippen LogP contribution is -2.29. The van der Waals surface area contributed by atoms with Crippen LogP contribution in [0.2, 0.25) is 0 Å². The number of anilines is 1. The van der Waals surface area contributed by atoms with Gasteiger partial charge in [0.15, 0.2) is 5.69 Å². The molecule has 0 spiro atoms. The molecule has 2 N–H and O–H groups in total. The van der Waals surface area contributed by atoms with Gasteiger partial charge in [-0.25, -0.2) is 4.79 Å². The number of carbonyl (C=O) groups is 1. The van der Waals surface area contributed by atoms with Crippen LogP contribution in [0.15, 0.2) is 24.3 Å². The third-order valence-electron chi connectivity index (χ3n) is 4.92. The second-order valence-corrected chi connectivity index (χ2v) is 7.04. The van der Waals surface area contributed by atoms with E-state index in [1.807, 2.05) is 0 Å². The van der Waals surface area contributed by atoms with Crippen molar-refractivity contribution in [2.45, 2.75) is 44.8 Å². The highest BCUT2D eigenvalue weighted by Crippen LogP contribution is 2.34. The summed E-state index contributed by atoms with van der Waals surface area (Å²) in [5, 5.41) is 19.8. The highest BCUT2D eigenvalue weighted by atomic mass is 19.4. The van der Waals surface area contributed by atoms with Crippen LogP contribution >= 0.6 is 0 Å². The molecule has 0 saturated carbocycles. The van der Waals surface area contributed by atoms with Crippen molar-refractivity contribution in [3.63, 3.8) is 0 Å². The number of nitrogens with zero attached hydrogens (tertiary/aromatic N) is 2. The maximum absolute atomic E-state index is 12.3. The third kappa shape index (κ3) is 5.75. The number of benzene rings is 1. The molecule has 11 heteroatoms. The van der Waals surface area contributed by atoms with E-state index in [9.17, 15) is 23.1 Å². The second kappa shape index (κ2) is 9.38. The number of hydrogen-bond acceptors (Lipinski definition) is 7. The first kappa shape index (κ1) is 22.6. The lowest BCUT2D eigenvalue weighted by Gasteiger charge is -2.31. The van der Waals surface area contributed by atoms with E-state index in [1.165, 1.54) is 19.2 Å². The first-order valence-electron chi connectivity index (χ1n) is 9.57. The van der Waals surface area contributed by atoms with Crippen LogP contribution in [0.1, 0.15) is 47.0 Å². The van der Waals surface area contributed by atoms with E-state index < -0.39 is 12.3 Å². The van der Waals surface area contributed by atoms with Crippen molar-refractivity contribution in [2.24, 2.45) is 0 Å². The van der Waals surface area contributed by atoms with Gasteiger partial charge >= 0.3 is 12.3 Å². The van der Waals surface area contributed by atoms with Gasteiger partial charge in [0.1, 0.15) is 11.4 Å². The number of aromatic nitrogens is 2. The van der Waals surface area contributed by atoms with E-state index in [4.69, 9.17) is 9.47 Å². The van der Waals surface area contributed by atoms with E-state index in [1.54, 1.807) is 19.1 Å². The van der Waals surface area contributed by atoms with Gasteiger partial charge in [-0.2, -0.15) is 0 Å². The summed E-state index contributed by atoms with van der Waals surface area (Å²) in [5.41, 5.74) is 1.40. The summed E-state index contributed by atoms with van der Waals surface area (Å²) in [6.07, 6.45) is -2.84. The van der Waals surface area contributed by atoms with Gasteiger partial charge in [0, 0.05) is 12.1 Å². The summed E-state index contributed by atoms with van der Waals surface area (Å²) >= 11 is 0. The Balaban J connectivity index is 1.66. The highest BCUT2D eigenvalue weighted by molar-refractivity contribution is 5.89. The third-order valence-corrected chi connectivity index (χ3v) is 4.92. The van der Waals surface area contributed by atoms with Crippen molar-refractivity contribution >= 4 is 11.7 Å². The fourth-order valence-electron chi connectivity index (χ4n) is 3.45. The number of rotatable bonds is 7. The Labute approximate surface area is 176 Å². The largest absolute Gasteiger partial charge is 0.573 e. The Bertz CT molecular complexity index is 922. The number of aromatic carboxylic acids is 1. The van der Waals surface area contributed by atoms with Crippen LogP contribution in [0.4, 0.5) is 18.9 Å². The molecule has 0 bridgehead atoms. The lowest BCUT2D eigenvalue weighted by atomic mass is 9.98. The Hall–Kier alpha value is -3.08. The first-order valence-corrected chi connectivity index (χ1v) is 9.57. The minimum Gasteiger partial charge on any atom is -0.478 e. The van der Waals surface area contributed by atoms with Crippen LogP contribution in [-0.4, -0.2) is 47.4 Å². The van der Waals surface area contributed by atoms with Gasteiger partial charge in [-0.05, 0) is 43.9 Å². The van der Waals surface area contributed by atoms with Crippen LogP contribution in [0.25, 0.3) is 0 Å². The predicted octanol–water partition coefficient (Wildman–Crippen LogP) is 4.11. The summed E-state index contributed by atoms with van der Waals surface area (Å²) in [4.78, 5) is 11.3. The van der Waals surface area contributed by atoms with Gasteiger partial charge in [-0.15, -0.1) is 23.4 Å². The topological polar surface area (TPSA) is 103 Å². The molecular formula is C20H22F3N3O5. The molecule has 31 heavy (non-hydrogen) atoms. The average molecular weight is 441 g/mol. The number of carboxylic acid groups (broad SMARTS) is 1. The second-order valence-electron chi connectivity index (χ2n) is 7.04. The van der Waals surface area contributed by atoms with Crippen molar-refractivity contribution in [3.8, 4) is 11.6 Å². The van der Waals surface area contributed by atoms with E-state index in [0.29, 0.717) is 17.8 Å². The molecule has 1 aromatic heterocycles. The molecule has 3 rings (SSSR count). The van der Waals surface area contributed by atoms with Crippen molar-refractivity contribution in [1.29, 1.82) is 0 Å². The minimum atomic E-state index is -4.73. The molecule has 2 atom stereocenters. The zero-order valence-corrected chi connectivity index (χ0v) is 16.9. The smallest absolute Gasteiger partial charge is 0.478 e. The number of halogens is 3. The standard InChI is InChI=1S/C20H22F3N3O5/c1-11-16(18(29-2)26-25-17(11)19(27)28)24-10-14-4-3-5-15(30-14)12-6-8-13(9-7-12)31-20(21,22)23/h6-9,14-15H,3-5,10H2,1-2H3,(H,24,25)(H,27,28)/t14-,15+/m1/s1. The molecule has 0 radical (unpaired) electrons. The summed E-state index contributed by atoms with van der Waals surface area (Å²) in [6.45, 7) is 1.98. The average Bonchev–Trinajstić information content (AvgIpc) is 2.72. The molecular weight excluding hydrogens is 419 g/mol. The molecule has 1 aliphatic rings. The Morgan fingerprint density at radius 3 is 2.58 bits per heavy atom. The normalized spacial score (nSPS) is 19.0. The SMILES string of the molecule is COc1nnc(C(=O)O)c(C)c1NC[C@H]1CCC[C@@H](c2ccc(OC(F)(F)F)cc2)O1. The number of alkyl halides is 3. The molecule has 2 aromatic rings. The number of methoxy groups -OCH3 is 1. The molecule has 0 unspecified atom stereocenters. The fourth-order valence-corrected chi connectivity index (χ4v) is 3.45. The molecule has 1 fully saturated rings. The van der Waals surface area contributed by atoms with E-state index in [-0.39, 0.29) is 29.5 Å². The van der Waals surface area contributed by atoms with E-state index in [0.717, 1.165) is 24.8 Å². The number of ether oxygens (including phenoxy) is 3. The van der Waals surface area contributed by atoms with Crippen LogP contribution in [0.5, 0.6) is 11.6 Å². The monoisotopic (exact) mass is 441 g/mol. The molecule has 8 nitrogen and oxygen atoms in total. The molecule has 1 aromatic carbocycles. The number of nitrogens with one attached hydrogen (secondary N) is 1. The van der Waals surface area contributed by atoms with Gasteiger partial charge in [0.2, 0.25) is 0 Å². The highest BCUT2D eigenvalue weighted by Gasteiger charge is 2.31. The van der Waals surface area contributed by atoms with Crippen molar-refractivity contribution in [2.75, 3.05) is 19.0 Å². The molecule has 1 aliphatic heterocycles. The predicted molar refractivity (Wildman–Crippen MR) is 103 cm³/mol. The summed E-state index contributed by atoms with van der Waals surface area (Å²) in [5.74, 6) is -1.30. The lowest BCUT2D eigenvalue weighted by molar-refractivity contribution is -0.274. The van der Waals surface area contributed by atoms with Crippen LogP contribution < -0.4 is 14.8 Å². The van der Waals surface area contributed by atoms with Crippen molar-refractivity contribution in [3.05, 3.63) is 41.1 Å². The first-order chi connectivity index (χ1) is 14.7. The van der Waals surface area contributed by atoms with Crippen molar-refractivity contribution in [1.82, 2.24) is 10.2 Å². The zero-order valence-electron chi connectivity index (χ0n) is 16.9. The molecule has 2 heterocycles. The molecule has 1 saturated heterocycles. The van der Waals surface area contributed by atoms with Crippen LogP contribution in [0.3, 0.4) is 0 Å². The van der Waals surface area contributed by atoms with Gasteiger partial charge in [0.05, 0.1) is 19.3 Å². The van der Waals surface area contributed by atoms with Gasteiger partial charge in [-0.1, -0.05) is 12.1 Å². The quantitative estimate of drug-likeness (QED) is 0.662. The number of hydrogen-bond donors (Lipinski definition) is 2. The van der Waals surface area contributed by atoms with E-state index >= 15 is 0 Å². The fraction of sp³-hybridized carbons (Fsp3) is 0.450. The van der Waals surface area contributed by atoms with Gasteiger partial charge in [0.25, 0.3) is 5.88 Å². The van der Waals surface area contributed by atoms with Crippen LogP contribution in [-0.2, 0) is 4.74 Å². The molecule has 0 amide bonds. The van der Waals surface area contributed by atoms with Crippen LogP contribution in [0, 0.1) is 6.92 Å². The van der Waals surface area contributed by atoms with Crippen molar-refractivity contribution < 1.29 is 37.3 Å². The van der Waals surface area contributed by atoms with Gasteiger partial charge < -0.3 is 24.6 Å². The summed E-state index contributed by atoms with van der Waals surface area (Å²) in [7, 11) is 1.41. The molecule has 168 valence electrons. The summed E-state index contributed by atoms with van der Waals surface area (Å²) in [6, 6.07) is 5.64. The zero-order chi connectivity index (χ0) is 22.6. The maximum Gasteiger partial charge on any atom is 0.573 e. The van der Waals surface area contributed by atoms with E-state index in [2.05, 4.69) is 20.3 Å². The maximum atomic E-state index is 12.3. The minimum absolute atomic E-state index is 0.174.